The second-order valence-electron chi connectivity index (χ2n) is 8.43. The van der Waals surface area contributed by atoms with E-state index in [4.69, 9.17) is 4.98 Å². The van der Waals surface area contributed by atoms with Gasteiger partial charge in [-0.15, -0.1) is 0 Å². The van der Waals surface area contributed by atoms with Gasteiger partial charge in [-0.2, -0.15) is 0 Å². The third-order valence-electron chi connectivity index (χ3n) is 6.39. The van der Waals surface area contributed by atoms with Crippen LogP contribution in [0.15, 0.2) is 54.6 Å². The highest BCUT2D eigenvalue weighted by Gasteiger charge is 2.40. The number of carbonyl (C=O) groups is 1. The summed E-state index contributed by atoms with van der Waals surface area (Å²) in [4.78, 5) is 18.4. The molecule has 0 saturated carbocycles. The predicted octanol–water partition coefficient (Wildman–Crippen LogP) is 5.50. The van der Waals surface area contributed by atoms with Gasteiger partial charge >= 0.3 is 0 Å². The minimum atomic E-state index is -0.657. The van der Waals surface area contributed by atoms with Crippen molar-refractivity contribution in [2.75, 3.05) is 5.32 Å². The Balaban J connectivity index is 1.57. The monoisotopic (exact) mass is 383 g/mol. The molecule has 5 rings (SSSR count). The number of benzene rings is 3. The Kier molecular flexibility index (Phi) is 3.98. The lowest BCUT2D eigenvalue weighted by atomic mass is 9.89. The van der Waals surface area contributed by atoms with Crippen molar-refractivity contribution in [1.82, 2.24) is 9.55 Å². The summed E-state index contributed by atoms with van der Waals surface area (Å²) in [6.45, 7) is 6.27. The SMILES string of the molecule is Cc1cc2nc3n(c2cc1C)C(C)(C(=O)Nc1ccc2ccccc2c1)CCC3. The van der Waals surface area contributed by atoms with E-state index in [0.29, 0.717) is 0 Å². The topological polar surface area (TPSA) is 46.9 Å². The van der Waals surface area contributed by atoms with Gasteiger partial charge in [0.15, 0.2) is 0 Å². The first-order valence-corrected chi connectivity index (χ1v) is 10.2. The molecule has 3 aromatic carbocycles. The van der Waals surface area contributed by atoms with Crippen molar-refractivity contribution < 1.29 is 4.79 Å². The summed E-state index contributed by atoms with van der Waals surface area (Å²) < 4.78 is 2.18. The molecule has 1 unspecified atom stereocenters. The number of amides is 1. The number of aryl methyl sites for hydroxylation is 3. The van der Waals surface area contributed by atoms with E-state index in [1.54, 1.807) is 0 Å². The number of nitrogens with one attached hydrogen (secondary N) is 1. The van der Waals surface area contributed by atoms with Crippen LogP contribution in [-0.4, -0.2) is 15.5 Å². The van der Waals surface area contributed by atoms with Crippen LogP contribution in [0.2, 0.25) is 0 Å². The number of anilines is 1. The van der Waals surface area contributed by atoms with Crippen LogP contribution >= 0.6 is 0 Å². The Morgan fingerprint density at radius 2 is 1.79 bits per heavy atom. The summed E-state index contributed by atoms with van der Waals surface area (Å²) in [6.07, 6.45) is 2.67. The van der Waals surface area contributed by atoms with Crippen LogP contribution in [0, 0.1) is 13.8 Å². The Bertz CT molecular complexity index is 1270. The molecule has 0 saturated heterocycles. The van der Waals surface area contributed by atoms with Gasteiger partial charge in [-0.1, -0.05) is 30.3 Å². The van der Waals surface area contributed by atoms with E-state index < -0.39 is 5.54 Å². The van der Waals surface area contributed by atoms with E-state index >= 15 is 0 Å². The molecule has 0 bridgehead atoms. The fraction of sp³-hybridized carbons (Fsp3) is 0.280. The zero-order valence-electron chi connectivity index (χ0n) is 17.1. The summed E-state index contributed by atoms with van der Waals surface area (Å²) in [5.74, 6) is 1.03. The van der Waals surface area contributed by atoms with E-state index in [1.807, 2.05) is 31.2 Å². The molecule has 0 radical (unpaired) electrons. The van der Waals surface area contributed by atoms with Crippen LogP contribution in [0.4, 0.5) is 5.69 Å². The van der Waals surface area contributed by atoms with Gasteiger partial charge in [0.25, 0.3) is 0 Å². The molecule has 2 heterocycles. The van der Waals surface area contributed by atoms with E-state index in [0.717, 1.165) is 47.2 Å². The van der Waals surface area contributed by atoms with Gasteiger partial charge in [0.2, 0.25) is 5.91 Å². The summed E-state index contributed by atoms with van der Waals surface area (Å²) in [5.41, 5.74) is 4.67. The largest absolute Gasteiger partial charge is 0.324 e. The highest BCUT2D eigenvalue weighted by atomic mass is 16.2. The van der Waals surface area contributed by atoms with E-state index in [9.17, 15) is 4.79 Å². The number of hydrogen-bond acceptors (Lipinski definition) is 2. The maximum atomic E-state index is 13.5. The molecule has 29 heavy (non-hydrogen) atoms. The number of imidazole rings is 1. The van der Waals surface area contributed by atoms with Crippen molar-refractivity contribution >= 4 is 33.4 Å². The minimum Gasteiger partial charge on any atom is -0.324 e. The smallest absolute Gasteiger partial charge is 0.250 e. The zero-order valence-corrected chi connectivity index (χ0v) is 17.1. The van der Waals surface area contributed by atoms with Gasteiger partial charge in [0, 0.05) is 12.1 Å². The van der Waals surface area contributed by atoms with Crippen LogP contribution in [0.25, 0.3) is 21.8 Å². The van der Waals surface area contributed by atoms with Crippen LogP contribution < -0.4 is 5.32 Å². The molecule has 0 fully saturated rings. The third-order valence-corrected chi connectivity index (χ3v) is 6.39. The van der Waals surface area contributed by atoms with E-state index in [2.05, 4.69) is 54.1 Å². The molecule has 0 aliphatic carbocycles. The first-order chi connectivity index (χ1) is 14.0. The summed E-state index contributed by atoms with van der Waals surface area (Å²) in [7, 11) is 0. The Morgan fingerprint density at radius 1 is 1.03 bits per heavy atom. The maximum absolute atomic E-state index is 13.5. The van der Waals surface area contributed by atoms with Crippen molar-refractivity contribution in [1.29, 1.82) is 0 Å². The minimum absolute atomic E-state index is 0.0197. The second kappa shape index (κ2) is 6.45. The van der Waals surface area contributed by atoms with Gasteiger partial charge in [0.05, 0.1) is 11.0 Å². The molecule has 146 valence electrons. The van der Waals surface area contributed by atoms with Crippen molar-refractivity contribution in [2.45, 2.75) is 45.6 Å². The Hall–Kier alpha value is -3.14. The molecule has 0 spiro atoms. The van der Waals surface area contributed by atoms with E-state index in [1.165, 1.54) is 16.5 Å². The molecule has 4 heteroatoms. The number of aromatic nitrogens is 2. The Morgan fingerprint density at radius 3 is 2.62 bits per heavy atom. The van der Waals surface area contributed by atoms with Crippen LogP contribution in [0.3, 0.4) is 0 Å². The third kappa shape index (κ3) is 2.82. The molecule has 1 N–H and O–H groups in total. The molecule has 1 aliphatic heterocycles. The lowest BCUT2D eigenvalue weighted by Gasteiger charge is -2.35. The first kappa shape index (κ1) is 17.9. The van der Waals surface area contributed by atoms with Gasteiger partial charge in [-0.25, -0.2) is 4.98 Å². The highest BCUT2D eigenvalue weighted by Crippen LogP contribution is 2.36. The second-order valence-corrected chi connectivity index (χ2v) is 8.43. The highest BCUT2D eigenvalue weighted by molar-refractivity contribution is 5.99. The first-order valence-electron chi connectivity index (χ1n) is 10.2. The molecule has 1 amide bonds. The molecule has 1 atom stereocenters. The molecule has 1 aromatic heterocycles. The van der Waals surface area contributed by atoms with Gasteiger partial charge < -0.3 is 9.88 Å². The molecule has 4 nitrogen and oxygen atoms in total. The predicted molar refractivity (Wildman–Crippen MR) is 118 cm³/mol. The quantitative estimate of drug-likeness (QED) is 0.497. The Labute approximate surface area is 170 Å². The van der Waals surface area contributed by atoms with Crippen molar-refractivity contribution in [3.8, 4) is 0 Å². The summed E-state index contributed by atoms with van der Waals surface area (Å²) in [6, 6.07) is 18.6. The molecule has 1 aliphatic rings. The van der Waals surface area contributed by atoms with Gasteiger partial charge in [0.1, 0.15) is 11.4 Å². The number of carbonyl (C=O) groups excluding carboxylic acids is 1. The van der Waals surface area contributed by atoms with E-state index in [-0.39, 0.29) is 5.91 Å². The average molecular weight is 383 g/mol. The zero-order chi connectivity index (χ0) is 20.2. The fourth-order valence-electron chi connectivity index (χ4n) is 4.55. The van der Waals surface area contributed by atoms with Gasteiger partial charge in [-0.3, -0.25) is 4.79 Å². The van der Waals surface area contributed by atoms with Crippen LogP contribution in [0.1, 0.15) is 36.7 Å². The van der Waals surface area contributed by atoms with Crippen molar-refractivity contribution in [3.63, 3.8) is 0 Å². The lowest BCUT2D eigenvalue weighted by Crippen LogP contribution is -2.45. The number of nitrogens with zero attached hydrogens (tertiary/aromatic N) is 2. The van der Waals surface area contributed by atoms with Crippen LogP contribution in [-0.2, 0) is 16.8 Å². The van der Waals surface area contributed by atoms with Gasteiger partial charge in [-0.05, 0) is 79.8 Å². The van der Waals surface area contributed by atoms with Crippen LogP contribution in [0.5, 0.6) is 0 Å². The number of fused-ring (bicyclic) bond motifs is 4. The number of rotatable bonds is 2. The fourth-order valence-corrected chi connectivity index (χ4v) is 4.55. The summed E-state index contributed by atoms with van der Waals surface area (Å²) in [5, 5.41) is 5.47. The van der Waals surface area contributed by atoms with Crippen molar-refractivity contribution in [3.05, 3.63) is 71.5 Å². The molecule has 4 aromatic rings. The molecular formula is C25H25N3O. The maximum Gasteiger partial charge on any atom is 0.250 e. The standard InChI is InChI=1S/C25H25N3O/c1-16-13-21-22(14-17(16)2)28-23(27-21)9-6-12-25(28,3)24(29)26-20-11-10-18-7-4-5-8-19(18)15-20/h4-5,7-8,10-11,13-15H,6,9,12H2,1-3H3,(H,26,29). The number of hydrogen-bond donors (Lipinski definition) is 1. The average Bonchev–Trinajstić information content (AvgIpc) is 3.07. The molecular weight excluding hydrogens is 358 g/mol. The summed E-state index contributed by atoms with van der Waals surface area (Å²) >= 11 is 0. The van der Waals surface area contributed by atoms with Crippen molar-refractivity contribution in [2.24, 2.45) is 0 Å². The lowest BCUT2D eigenvalue weighted by molar-refractivity contribution is -0.124. The normalized spacial score (nSPS) is 18.7.